The standard InChI is InChI=1S/C27H38O15/c1-26(2,17(29)7-13-15(37-4)8-14(36-3)12-5-6-18(30)41-22(12)13)42-24-21(33)20(32)19(31)16(40-24)9-38-25-23(34)27(35,10-28)11-39-25/h5-6,8,16-17,19-21,23-25,28-29,31-35H,7,9-11H2,1-4H3. The lowest BCUT2D eigenvalue weighted by Crippen LogP contribution is -2.61. The Morgan fingerprint density at radius 1 is 1.05 bits per heavy atom. The lowest BCUT2D eigenvalue weighted by atomic mass is 9.92. The number of aliphatic hydroxyl groups excluding tert-OH is 6. The van der Waals surface area contributed by atoms with Crippen LogP contribution in [0.1, 0.15) is 19.4 Å². The van der Waals surface area contributed by atoms with E-state index in [2.05, 4.69) is 0 Å². The zero-order valence-electron chi connectivity index (χ0n) is 23.6. The van der Waals surface area contributed by atoms with E-state index >= 15 is 0 Å². The van der Waals surface area contributed by atoms with Crippen LogP contribution in [0.15, 0.2) is 27.4 Å². The predicted molar refractivity (Wildman–Crippen MR) is 141 cm³/mol. The SMILES string of the molecule is COc1cc(OC)c2ccc(=O)oc2c1CC(O)C(C)(C)OC1OC(COC2OCC(O)(CO)C2O)C(O)C(O)C1O. The van der Waals surface area contributed by atoms with Gasteiger partial charge in [-0.1, -0.05) is 0 Å². The van der Waals surface area contributed by atoms with Gasteiger partial charge in [-0.05, 0) is 19.9 Å². The Labute approximate surface area is 240 Å². The summed E-state index contributed by atoms with van der Waals surface area (Å²) in [5.74, 6) is 0.660. The van der Waals surface area contributed by atoms with Crippen molar-refractivity contribution in [2.45, 2.75) is 80.7 Å². The van der Waals surface area contributed by atoms with Gasteiger partial charge in [0.1, 0.15) is 53.2 Å². The maximum Gasteiger partial charge on any atom is 0.336 e. The van der Waals surface area contributed by atoms with Crippen LogP contribution in [0.5, 0.6) is 11.5 Å². The van der Waals surface area contributed by atoms with Gasteiger partial charge in [0.05, 0.1) is 51.1 Å². The van der Waals surface area contributed by atoms with E-state index in [4.69, 9.17) is 32.8 Å². The van der Waals surface area contributed by atoms with Gasteiger partial charge < -0.3 is 68.6 Å². The molecule has 15 nitrogen and oxygen atoms in total. The van der Waals surface area contributed by atoms with Gasteiger partial charge in [0.2, 0.25) is 0 Å². The molecule has 0 bridgehead atoms. The summed E-state index contributed by atoms with van der Waals surface area (Å²) in [6.45, 7) is 1.36. The summed E-state index contributed by atoms with van der Waals surface area (Å²) in [5, 5.41) is 72.9. The zero-order chi connectivity index (χ0) is 31.0. The highest BCUT2D eigenvalue weighted by atomic mass is 16.7. The molecule has 15 heteroatoms. The lowest BCUT2D eigenvalue weighted by Gasteiger charge is -2.44. The Bertz CT molecular complexity index is 1280. The van der Waals surface area contributed by atoms with E-state index in [1.54, 1.807) is 6.07 Å². The molecule has 4 rings (SSSR count). The van der Waals surface area contributed by atoms with Gasteiger partial charge in [0.15, 0.2) is 12.6 Å². The van der Waals surface area contributed by atoms with Crippen molar-refractivity contribution >= 4 is 11.0 Å². The summed E-state index contributed by atoms with van der Waals surface area (Å²) in [7, 11) is 2.85. The van der Waals surface area contributed by atoms with Gasteiger partial charge in [-0.25, -0.2) is 4.79 Å². The van der Waals surface area contributed by atoms with Crippen LogP contribution in [0.2, 0.25) is 0 Å². The topological polar surface area (TPSA) is 227 Å². The molecule has 0 saturated carbocycles. The van der Waals surface area contributed by atoms with E-state index in [1.165, 1.54) is 40.2 Å². The molecule has 2 aliphatic heterocycles. The fourth-order valence-electron chi connectivity index (χ4n) is 4.87. The van der Waals surface area contributed by atoms with E-state index in [0.29, 0.717) is 16.7 Å². The minimum absolute atomic E-state index is 0.141. The summed E-state index contributed by atoms with van der Waals surface area (Å²) in [5.41, 5.74) is -3.53. The summed E-state index contributed by atoms with van der Waals surface area (Å²) >= 11 is 0. The smallest absolute Gasteiger partial charge is 0.336 e. The molecule has 1 aromatic heterocycles. The number of fused-ring (bicyclic) bond motifs is 1. The number of hydrogen-bond donors (Lipinski definition) is 7. The second-order valence-electron chi connectivity index (χ2n) is 10.9. The Morgan fingerprint density at radius 3 is 2.36 bits per heavy atom. The van der Waals surface area contributed by atoms with Crippen LogP contribution in [0.3, 0.4) is 0 Å². The summed E-state index contributed by atoms with van der Waals surface area (Å²) in [6, 6.07) is 4.34. The van der Waals surface area contributed by atoms with Gasteiger partial charge in [-0.3, -0.25) is 0 Å². The van der Waals surface area contributed by atoms with Crippen molar-refractivity contribution in [3.05, 3.63) is 34.2 Å². The number of ether oxygens (including phenoxy) is 6. The molecule has 236 valence electrons. The Kier molecular flexibility index (Phi) is 9.81. The average Bonchev–Trinajstić information content (AvgIpc) is 3.25. The van der Waals surface area contributed by atoms with Crippen molar-refractivity contribution in [1.29, 1.82) is 0 Å². The van der Waals surface area contributed by atoms with Crippen LogP contribution < -0.4 is 15.1 Å². The highest BCUT2D eigenvalue weighted by Gasteiger charge is 2.51. The third-order valence-corrected chi connectivity index (χ3v) is 7.67. The van der Waals surface area contributed by atoms with Crippen molar-refractivity contribution in [2.75, 3.05) is 34.0 Å². The molecule has 9 atom stereocenters. The molecule has 0 radical (unpaired) electrons. The van der Waals surface area contributed by atoms with Gasteiger partial charge in [-0.2, -0.15) is 0 Å². The number of rotatable bonds is 11. The van der Waals surface area contributed by atoms with E-state index in [0.717, 1.165) is 0 Å². The fourth-order valence-corrected chi connectivity index (χ4v) is 4.87. The number of hydrogen-bond acceptors (Lipinski definition) is 15. The molecule has 1 aromatic carbocycles. The highest BCUT2D eigenvalue weighted by molar-refractivity contribution is 5.88. The second kappa shape index (κ2) is 12.7. The quantitative estimate of drug-likeness (QED) is 0.135. The molecule has 0 aliphatic carbocycles. The molecule has 2 aromatic rings. The summed E-state index contributed by atoms with van der Waals surface area (Å²) < 4.78 is 38.5. The molecule has 9 unspecified atom stereocenters. The first-order valence-corrected chi connectivity index (χ1v) is 13.2. The summed E-state index contributed by atoms with van der Waals surface area (Å²) in [6.07, 6.45) is -12.4. The minimum atomic E-state index is -1.93. The first kappa shape index (κ1) is 32.5. The van der Waals surface area contributed by atoms with Crippen LogP contribution >= 0.6 is 0 Å². The van der Waals surface area contributed by atoms with E-state index in [9.17, 15) is 40.5 Å². The first-order valence-electron chi connectivity index (χ1n) is 13.2. The lowest BCUT2D eigenvalue weighted by molar-refractivity contribution is -0.336. The monoisotopic (exact) mass is 602 g/mol. The van der Waals surface area contributed by atoms with Gasteiger partial charge >= 0.3 is 5.63 Å². The van der Waals surface area contributed by atoms with Crippen LogP contribution in [0.4, 0.5) is 0 Å². The zero-order valence-corrected chi connectivity index (χ0v) is 23.6. The molecular formula is C27H38O15. The normalized spacial score (nSPS) is 32.7. The van der Waals surface area contributed by atoms with E-state index in [1.807, 2.05) is 0 Å². The largest absolute Gasteiger partial charge is 0.496 e. The predicted octanol–water partition coefficient (Wildman–Crippen LogP) is -2.23. The number of aliphatic hydroxyl groups is 7. The van der Waals surface area contributed by atoms with E-state index in [-0.39, 0.29) is 17.8 Å². The van der Waals surface area contributed by atoms with Crippen LogP contribution in [-0.4, -0.2) is 130 Å². The Morgan fingerprint density at radius 2 is 1.74 bits per heavy atom. The maximum atomic E-state index is 12.0. The average molecular weight is 603 g/mol. The maximum absolute atomic E-state index is 12.0. The molecule has 0 spiro atoms. The fraction of sp³-hybridized carbons (Fsp3) is 0.667. The Hall–Kier alpha value is -2.41. The molecule has 2 fully saturated rings. The van der Waals surface area contributed by atoms with E-state index < -0.39 is 85.9 Å². The second-order valence-corrected chi connectivity index (χ2v) is 10.9. The van der Waals surface area contributed by atoms with Crippen molar-refractivity contribution in [2.24, 2.45) is 0 Å². The molecule has 7 N–H and O–H groups in total. The van der Waals surface area contributed by atoms with Crippen LogP contribution in [0.25, 0.3) is 11.0 Å². The van der Waals surface area contributed by atoms with Crippen molar-refractivity contribution in [1.82, 2.24) is 0 Å². The molecule has 0 amide bonds. The molecule has 2 aliphatic rings. The van der Waals surface area contributed by atoms with Crippen LogP contribution in [-0.2, 0) is 25.4 Å². The van der Waals surface area contributed by atoms with Gasteiger partial charge in [-0.15, -0.1) is 0 Å². The van der Waals surface area contributed by atoms with Gasteiger partial charge in [0.25, 0.3) is 0 Å². The summed E-state index contributed by atoms with van der Waals surface area (Å²) in [4.78, 5) is 12.0. The van der Waals surface area contributed by atoms with Gasteiger partial charge in [0, 0.05) is 24.1 Å². The number of benzene rings is 1. The third-order valence-electron chi connectivity index (χ3n) is 7.67. The van der Waals surface area contributed by atoms with Crippen molar-refractivity contribution in [3.8, 4) is 11.5 Å². The van der Waals surface area contributed by atoms with Crippen molar-refractivity contribution < 1.29 is 68.6 Å². The Balaban J connectivity index is 1.50. The highest BCUT2D eigenvalue weighted by Crippen LogP contribution is 2.38. The van der Waals surface area contributed by atoms with Crippen LogP contribution in [0, 0.1) is 0 Å². The molecular weight excluding hydrogens is 564 g/mol. The minimum Gasteiger partial charge on any atom is -0.496 e. The molecule has 3 heterocycles. The molecule has 42 heavy (non-hydrogen) atoms. The number of methoxy groups -OCH3 is 2. The first-order chi connectivity index (χ1) is 19.8. The van der Waals surface area contributed by atoms with Crippen molar-refractivity contribution in [3.63, 3.8) is 0 Å². The molecule has 2 saturated heterocycles. The third kappa shape index (κ3) is 6.27.